The fraction of sp³-hybridized carbons (Fsp3) is 0.0417. The number of rotatable bonds is 5. The zero-order valence-corrected chi connectivity index (χ0v) is 15.2. The van der Waals surface area contributed by atoms with Gasteiger partial charge in [-0.25, -0.2) is 5.43 Å². The van der Waals surface area contributed by atoms with Crippen molar-refractivity contribution in [2.45, 2.75) is 6.42 Å². The molecule has 4 rings (SSSR count). The van der Waals surface area contributed by atoms with Crippen LogP contribution in [0.3, 0.4) is 0 Å². The monoisotopic (exact) mass is 365 g/mol. The number of aromatic nitrogens is 1. The molecule has 0 fully saturated rings. The second-order valence-electron chi connectivity index (χ2n) is 6.39. The van der Waals surface area contributed by atoms with Crippen LogP contribution in [0, 0.1) is 0 Å². The minimum Gasteiger partial charge on any atom is -0.273 e. The van der Waals surface area contributed by atoms with E-state index in [-0.39, 0.29) is 12.3 Å². The Labute approximate surface area is 163 Å². The van der Waals surface area contributed by atoms with E-state index in [1.54, 1.807) is 6.20 Å². The molecule has 1 aromatic heterocycles. The lowest BCUT2D eigenvalue weighted by Crippen LogP contribution is -2.22. The first kappa shape index (κ1) is 17.6. The maximum absolute atomic E-state index is 12.6. The number of nitrogens with one attached hydrogen (secondary N) is 1. The molecule has 1 heterocycles. The number of fused-ring (bicyclic) bond motifs is 1. The Bertz CT molecular complexity index is 1080. The predicted octanol–water partition coefficient (Wildman–Crippen LogP) is 4.35. The highest BCUT2D eigenvalue weighted by atomic mass is 16.2. The Kier molecular flexibility index (Phi) is 5.20. The molecule has 3 aromatic carbocycles. The van der Waals surface area contributed by atoms with Gasteiger partial charge in [-0.05, 0) is 28.5 Å². The molecular formula is C24H19N3O. The molecular weight excluding hydrogens is 346 g/mol. The lowest BCUT2D eigenvalue weighted by molar-refractivity contribution is -0.120. The van der Waals surface area contributed by atoms with E-state index in [4.69, 9.17) is 0 Å². The van der Waals surface area contributed by atoms with Crippen LogP contribution in [0.5, 0.6) is 0 Å². The van der Waals surface area contributed by atoms with E-state index in [2.05, 4.69) is 15.5 Å². The summed E-state index contributed by atoms with van der Waals surface area (Å²) in [6, 6.07) is 29.4. The van der Waals surface area contributed by atoms with E-state index in [9.17, 15) is 4.79 Å². The molecule has 0 aliphatic carbocycles. The number of pyridine rings is 1. The van der Waals surface area contributed by atoms with Gasteiger partial charge in [-0.2, -0.15) is 5.10 Å². The summed E-state index contributed by atoms with van der Waals surface area (Å²) in [6.45, 7) is 0. The van der Waals surface area contributed by atoms with Gasteiger partial charge in [0.25, 0.3) is 0 Å². The highest BCUT2D eigenvalue weighted by molar-refractivity contribution is 6.11. The van der Waals surface area contributed by atoms with Crippen molar-refractivity contribution < 1.29 is 4.79 Å². The van der Waals surface area contributed by atoms with Crippen molar-refractivity contribution in [2.24, 2.45) is 5.10 Å². The van der Waals surface area contributed by atoms with E-state index in [0.29, 0.717) is 11.4 Å². The standard InChI is InChI=1S/C24H19N3O/c28-23(17-20-13-8-12-18-9-4-5-14-21(18)20)26-27-24(19-10-2-1-3-11-19)22-15-6-7-16-25-22/h1-16H,17H2,(H,26,28). The van der Waals surface area contributed by atoms with Crippen LogP contribution in [0.4, 0.5) is 0 Å². The second kappa shape index (κ2) is 8.27. The summed E-state index contributed by atoms with van der Waals surface area (Å²) in [5.41, 5.74) is 5.91. The zero-order valence-electron chi connectivity index (χ0n) is 15.2. The Balaban J connectivity index is 1.59. The summed E-state index contributed by atoms with van der Waals surface area (Å²) in [4.78, 5) is 17.0. The third kappa shape index (κ3) is 3.96. The summed E-state index contributed by atoms with van der Waals surface area (Å²) in [6.07, 6.45) is 1.97. The van der Waals surface area contributed by atoms with Gasteiger partial charge in [-0.3, -0.25) is 9.78 Å². The van der Waals surface area contributed by atoms with Gasteiger partial charge < -0.3 is 0 Å². The van der Waals surface area contributed by atoms with Crippen molar-refractivity contribution in [3.8, 4) is 0 Å². The van der Waals surface area contributed by atoms with Crippen LogP contribution in [0.1, 0.15) is 16.8 Å². The largest absolute Gasteiger partial charge is 0.273 e. The fourth-order valence-electron chi connectivity index (χ4n) is 3.15. The summed E-state index contributed by atoms with van der Waals surface area (Å²) < 4.78 is 0. The Morgan fingerprint density at radius 3 is 2.39 bits per heavy atom. The average molecular weight is 365 g/mol. The van der Waals surface area contributed by atoms with Crippen molar-refractivity contribution >= 4 is 22.4 Å². The van der Waals surface area contributed by atoms with Crippen molar-refractivity contribution in [3.05, 3.63) is 114 Å². The average Bonchev–Trinajstić information content (AvgIpc) is 2.76. The van der Waals surface area contributed by atoms with Crippen molar-refractivity contribution in [1.29, 1.82) is 0 Å². The Morgan fingerprint density at radius 1 is 0.821 bits per heavy atom. The van der Waals surface area contributed by atoms with Crippen molar-refractivity contribution in [2.75, 3.05) is 0 Å². The molecule has 4 heteroatoms. The van der Waals surface area contributed by atoms with Gasteiger partial charge in [-0.1, -0.05) is 78.9 Å². The molecule has 0 aliphatic heterocycles. The Morgan fingerprint density at radius 2 is 1.57 bits per heavy atom. The summed E-state index contributed by atoms with van der Waals surface area (Å²) >= 11 is 0. The summed E-state index contributed by atoms with van der Waals surface area (Å²) in [7, 11) is 0. The van der Waals surface area contributed by atoms with Gasteiger partial charge in [-0.15, -0.1) is 0 Å². The van der Waals surface area contributed by atoms with Crippen LogP contribution >= 0.6 is 0 Å². The van der Waals surface area contributed by atoms with E-state index in [0.717, 1.165) is 21.9 Å². The molecule has 4 aromatic rings. The zero-order chi connectivity index (χ0) is 19.2. The molecule has 0 unspecified atom stereocenters. The van der Waals surface area contributed by atoms with E-state index < -0.39 is 0 Å². The minimum absolute atomic E-state index is 0.166. The van der Waals surface area contributed by atoms with Crippen LogP contribution in [-0.4, -0.2) is 16.6 Å². The molecule has 4 nitrogen and oxygen atoms in total. The second-order valence-corrected chi connectivity index (χ2v) is 6.39. The molecule has 28 heavy (non-hydrogen) atoms. The summed E-state index contributed by atoms with van der Waals surface area (Å²) in [5, 5.41) is 6.60. The first-order valence-corrected chi connectivity index (χ1v) is 9.11. The van der Waals surface area contributed by atoms with Gasteiger partial charge in [0.15, 0.2) is 0 Å². The molecule has 0 saturated heterocycles. The van der Waals surface area contributed by atoms with Gasteiger partial charge in [0.2, 0.25) is 5.91 Å². The predicted molar refractivity (Wildman–Crippen MR) is 112 cm³/mol. The third-order valence-corrected chi connectivity index (χ3v) is 4.48. The smallest absolute Gasteiger partial charge is 0.244 e. The maximum atomic E-state index is 12.6. The van der Waals surface area contributed by atoms with Gasteiger partial charge in [0.05, 0.1) is 12.1 Å². The topological polar surface area (TPSA) is 54.4 Å². The van der Waals surface area contributed by atoms with Crippen LogP contribution in [0.15, 0.2) is 102 Å². The number of hydrogen-bond acceptors (Lipinski definition) is 3. The van der Waals surface area contributed by atoms with Crippen LogP contribution in [-0.2, 0) is 11.2 Å². The molecule has 0 spiro atoms. The first-order chi connectivity index (χ1) is 13.8. The van der Waals surface area contributed by atoms with Gasteiger partial charge in [0, 0.05) is 11.8 Å². The fourth-order valence-corrected chi connectivity index (χ4v) is 3.15. The molecule has 0 radical (unpaired) electrons. The van der Waals surface area contributed by atoms with E-state index in [1.807, 2.05) is 91.0 Å². The van der Waals surface area contributed by atoms with E-state index >= 15 is 0 Å². The Hall–Kier alpha value is -3.79. The number of carbonyl (C=O) groups is 1. The highest BCUT2D eigenvalue weighted by Crippen LogP contribution is 2.19. The van der Waals surface area contributed by atoms with Crippen LogP contribution < -0.4 is 5.43 Å². The number of amides is 1. The van der Waals surface area contributed by atoms with Crippen LogP contribution in [0.2, 0.25) is 0 Å². The molecule has 0 saturated carbocycles. The number of hydrogen-bond donors (Lipinski definition) is 1. The van der Waals surface area contributed by atoms with Crippen molar-refractivity contribution in [3.63, 3.8) is 0 Å². The SMILES string of the molecule is O=C(Cc1cccc2ccccc12)NN=C(c1ccccc1)c1ccccn1. The molecule has 0 bridgehead atoms. The molecule has 0 atom stereocenters. The highest BCUT2D eigenvalue weighted by Gasteiger charge is 2.10. The number of hydrazone groups is 1. The number of benzene rings is 3. The lowest BCUT2D eigenvalue weighted by Gasteiger charge is -2.08. The normalized spacial score (nSPS) is 11.4. The quantitative estimate of drug-likeness (QED) is 0.422. The number of nitrogens with zero attached hydrogens (tertiary/aromatic N) is 2. The number of carbonyl (C=O) groups excluding carboxylic acids is 1. The molecule has 136 valence electrons. The maximum Gasteiger partial charge on any atom is 0.244 e. The lowest BCUT2D eigenvalue weighted by atomic mass is 10.0. The molecule has 1 N–H and O–H groups in total. The molecule has 1 amide bonds. The van der Waals surface area contributed by atoms with E-state index in [1.165, 1.54) is 0 Å². The first-order valence-electron chi connectivity index (χ1n) is 9.11. The molecule has 0 aliphatic rings. The summed E-state index contributed by atoms with van der Waals surface area (Å²) in [5.74, 6) is -0.166. The van der Waals surface area contributed by atoms with Crippen molar-refractivity contribution in [1.82, 2.24) is 10.4 Å². The van der Waals surface area contributed by atoms with Gasteiger partial charge >= 0.3 is 0 Å². The van der Waals surface area contributed by atoms with Gasteiger partial charge in [0.1, 0.15) is 5.71 Å². The van der Waals surface area contributed by atoms with Crippen LogP contribution in [0.25, 0.3) is 10.8 Å². The third-order valence-electron chi connectivity index (χ3n) is 4.48. The minimum atomic E-state index is -0.166.